The molecule has 0 bridgehead atoms. The third kappa shape index (κ3) is 2.93. The lowest BCUT2D eigenvalue weighted by atomic mass is 9.97. The van der Waals surface area contributed by atoms with Gasteiger partial charge in [0, 0.05) is 24.8 Å². The van der Waals surface area contributed by atoms with E-state index in [2.05, 4.69) is 23.4 Å². The van der Waals surface area contributed by atoms with Gasteiger partial charge in [-0.2, -0.15) is 0 Å². The fourth-order valence-electron chi connectivity index (χ4n) is 2.66. The van der Waals surface area contributed by atoms with E-state index in [4.69, 9.17) is 10.5 Å². The Hall–Kier alpha value is -0.870. The van der Waals surface area contributed by atoms with Gasteiger partial charge in [0.05, 0.1) is 24.7 Å². The van der Waals surface area contributed by atoms with Crippen molar-refractivity contribution in [1.82, 2.24) is 9.55 Å². The number of nitrogens with zero attached hydrogens (tertiary/aromatic N) is 2. The highest BCUT2D eigenvalue weighted by Crippen LogP contribution is 2.28. The zero-order valence-electron chi connectivity index (χ0n) is 11.5. The van der Waals surface area contributed by atoms with Crippen LogP contribution in [0.15, 0.2) is 12.5 Å². The Labute approximate surface area is 110 Å². The Bertz CT molecular complexity index is 358. The van der Waals surface area contributed by atoms with Crippen molar-refractivity contribution in [3.05, 3.63) is 18.2 Å². The van der Waals surface area contributed by atoms with Crippen LogP contribution in [0.1, 0.15) is 57.3 Å². The van der Waals surface area contributed by atoms with E-state index in [0.717, 1.165) is 25.3 Å². The minimum Gasteiger partial charge on any atom is -0.381 e. The summed E-state index contributed by atoms with van der Waals surface area (Å²) in [7, 11) is 0. The molecular formula is C14H25N3O. The predicted octanol–water partition coefficient (Wildman–Crippen LogP) is 2.67. The lowest BCUT2D eigenvalue weighted by Gasteiger charge is -2.23. The Balaban J connectivity index is 2.06. The fraction of sp³-hybridized carbons (Fsp3) is 0.786. The van der Waals surface area contributed by atoms with Crippen molar-refractivity contribution in [2.45, 2.75) is 51.6 Å². The normalized spacial score (nSPS) is 23.2. The van der Waals surface area contributed by atoms with Crippen LogP contribution in [0, 0.1) is 5.92 Å². The summed E-state index contributed by atoms with van der Waals surface area (Å²) in [6, 6.07) is 0.537. The Morgan fingerprint density at radius 1 is 1.61 bits per heavy atom. The molecule has 1 saturated heterocycles. The highest BCUT2D eigenvalue weighted by molar-refractivity contribution is 5.08. The lowest BCUT2D eigenvalue weighted by Crippen LogP contribution is -2.25. The number of rotatable bonds is 6. The predicted molar refractivity (Wildman–Crippen MR) is 72.3 cm³/mol. The van der Waals surface area contributed by atoms with Gasteiger partial charge in [-0.3, -0.25) is 0 Å². The van der Waals surface area contributed by atoms with Gasteiger partial charge in [-0.25, -0.2) is 4.98 Å². The molecular weight excluding hydrogens is 226 g/mol. The topological polar surface area (TPSA) is 53.1 Å². The molecule has 0 radical (unpaired) electrons. The highest BCUT2D eigenvalue weighted by atomic mass is 16.5. The first kappa shape index (κ1) is 13.6. The summed E-state index contributed by atoms with van der Waals surface area (Å²) in [5.74, 6) is 0.443. The van der Waals surface area contributed by atoms with Crippen LogP contribution in [0.3, 0.4) is 0 Å². The van der Waals surface area contributed by atoms with Crippen LogP contribution in [-0.4, -0.2) is 22.8 Å². The molecule has 2 rings (SSSR count). The van der Waals surface area contributed by atoms with Crippen molar-refractivity contribution in [3.63, 3.8) is 0 Å². The van der Waals surface area contributed by atoms with E-state index >= 15 is 0 Å². The zero-order chi connectivity index (χ0) is 13.0. The highest BCUT2D eigenvalue weighted by Gasteiger charge is 2.27. The lowest BCUT2D eigenvalue weighted by molar-refractivity contribution is 0.180. The molecule has 0 aromatic carbocycles. The first-order valence-corrected chi connectivity index (χ1v) is 7.09. The van der Waals surface area contributed by atoms with Gasteiger partial charge in [-0.05, 0) is 19.8 Å². The van der Waals surface area contributed by atoms with Crippen molar-refractivity contribution in [2.24, 2.45) is 11.7 Å². The van der Waals surface area contributed by atoms with E-state index < -0.39 is 0 Å². The van der Waals surface area contributed by atoms with Gasteiger partial charge in [0.15, 0.2) is 0 Å². The maximum Gasteiger partial charge on any atom is 0.0951 e. The summed E-state index contributed by atoms with van der Waals surface area (Å²) in [4.78, 5) is 4.29. The molecule has 1 aliphatic rings. The molecule has 0 spiro atoms. The van der Waals surface area contributed by atoms with Gasteiger partial charge < -0.3 is 15.0 Å². The molecule has 4 heteroatoms. The minimum atomic E-state index is 0.0547. The third-order valence-electron chi connectivity index (χ3n) is 3.96. The SMILES string of the molecule is CCCCC(C)n1cncc1C(N)C1CCOC1. The molecule has 0 aliphatic carbocycles. The van der Waals surface area contributed by atoms with Crippen LogP contribution in [0.5, 0.6) is 0 Å². The maximum absolute atomic E-state index is 6.37. The molecule has 2 heterocycles. The number of hydrogen-bond acceptors (Lipinski definition) is 3. The van der Waals surface area contributed by atoms with Crippen LogP contribution in [-0.2, 0) is 4.74 Å². The Morgan fingerprint density at radius 3 is 3.11 bits per heavy atom. The van der Waals surface area contributed by atoms with Gasteiger partial charge in [-0.1, -0.05) is 19.8 Å². The van der Waals surface area contributed by atoms with E-state index in [1.54, 1.807) is 0 Å². The van der Waals surface area contributed by atoms with Gasteiger partial charge in [0.25, 0.3) is 0 Å². The zero-order valence-corrected chi connectivity index (χ0v) is 11.5. The van der Waals surface area contributed by atoms with Gasteiger partial charge in [-0.15, -0.1) is 0 Å². The first-order valence-electron chi connectivity index (χ1n) is 7.09. The third-order valence-corrected chi connectivity index (χ3v) is 3.96. The molecule has 1 aromatic heterocycles. The molecule has 4 nitrogen and oxygen atoms in total. The van der Waals surface area contributed by atoms with E-state index in [9.17, 15) is 0 Å². The van der Waals surface area contributed by atoms with E-state index in [1.807, 2.05) is 12.5 Å². The van der Waals surface area contributed by atoms with E-state index in [-0.39, 0.29) is 6.04 Å². The van der Waals surface area contributed by atoms with Crippen molar-refractivity contribution in [3.8, 4) is 0 Å². The molecule has 0 amide bonds. The molecule has 3 atom stereocenters. The monoisotopic (exact) mass is 251 g/mol. The molecule has 1 aliphatic heterocycles. The summed E-state index contributed by atoms with van der Waals surface area (Å²) < 4.78 is 7.68. The van der Waals surface area contributed by atoms with Gasteiger partial charge in [0.2, 0.25) is 0 Å². The van der Waals surface area contributed by atoms with Gasteiger partial charge >= 0.3 is 0 Å². The summed E-state index contributed by atoms with van der Waals surface area (Å²) in [5.41, 5.74) is 7.53. The fourth-order valence-corrected chi connectivity index (χ4v) is 2.66. The smallest absolute Gasteiger partial charge is 0.0951 e. The van der Waals surface area contributed by atoms with Crippen molar-refractivity contribution < 1.29 is 4.74 Å². The average molecular weight is 251 g/mol. The van der Waals surface area contributed by atoms with Crippen LogP contribution in [0.4, 0.5) is 0 Å². The number of ether oxygens (including phenoxy) is 1. The maximum atomic E-state index is 6.37. The number of unbranched alkanes of at least 4 members (excludes halogenated alkanes) is 1. The van der Waals surface area contributed by atoms with E-state index in [0.29, 0.717) is 12.0 Å². The van der Waals surface area contributed by atoms with E-state index in [1.165, 1.54) is 19.3 Å². The van der Waals surface area contributed by atoms with Crippen LogP contribution in [0.2, 0.25) is 0 Å². The largest absolute Gasteiger partial charge is 0.381 e. The van der Waals surface area contributed by atoms with Crippen molar-refractivity contribution >= 4 is 0 Å². The molecule has 0 saturated carbocycles. The molecule has 18 heavy (non-hydrogen) atoms. The average Bonchev–Trinajstić information content (AvgIpc) is 3.04. The number of imidazole rings is 1. The number of hydrogen-bond donors (Lipinski definition) is 1. The standard InChI is InChI=1S/C14H25N3O/c1-3-4-5-11(2)17-10-16-8-13(17)14(15)12-6-7-18-9-12/h8,10-12,14H,3-7,9,15H2,1-2H3. The second-order valence-corrected chi connectivity index (χ2v) is 5.37. The Kier molecular flexibility index (Phi) is 4.78. The number of nitrogens with two attached hydrogens (primary N) is 1. The van der Waals surface area contributed by atoms with Crippen LogP contribution < -0.4 is 5.73 Å². The summed E-state index contributed by atoms with van der Waals surface area (Å²) in [5, 5.41) is 0. The second kappa shape index (κ2) is 6.34. The van der Waals surface area contributed by atoms with Crippen molar-refractivity contribution in [2.75, 3.05) is 13.2 Å². The van der Waals surface area contributed by atoms with Gasteiger partial charge in [0.1, 0.15) is 0 Å². The summed E-state index contributed by atoms with van der Waals surface area (Å²) in [6.07, 6.45) is 8.58. The molecule has 2 N–H and O–H groups in total. The van der Waals surface area contributed by atoms with Crippen LogP contribution >= 0.6 is 0 Å². The molecule has 1 aromatic rings. The summed E-state index contributed by atoms with van der Waals surface area (Å²) >= 11 is 0. The second-order valence-electron chi connectivity index (χ2n) is 5.37. The molecule has 1 fully saturated rings. The minimum absolute atomic E-state index is 0.0547. The van der Waals surface area contributed by atoms with Crippen molar-refractivity contribution in [1.29, 1.82) is 0 Å². The molecule has 102 valence electrons. The first-order chi connectivity index (χ1) is 8.74. The molecule has 3 unspecified atom stereocenters. The number of aromatic nitrogens is 2. The quantitative estimate of drug-likeness (QED) is 0.845. The summed E-state index contributed by atoms with van der Waals surface area (Å²) in [6.45, 7) is 6.11. The van der Waals surface area contributed by atoms with Crippen LogP contribution in [0.25, 0.3) is 0 Å². The Morgan fingerprint density at radius 2 is 2.44 bits per heavy atom.